The molecule has 2 aromatic rings. The lowest BCUT2D eigenvalue weighted by Crippen LogP contribution is -2.12. The summed E-state index contributed by atoms with van der Waals surface area (Å²) in [7, 11) is 0. The van der Waals surface area contributed by atoms with Crippen molar-refractivity contribution in [3.63, 3.8) is 0 Å². The van der Waals surface area contributed by atoms with Gasteiger partial charge in [0.25, 0.3) is 0 Å². The zero-order chi connectivity index (χ0) is 13.7. The van der Waals surface area contributed by atoms with Gasteiger partial charge in [-0.3, -0.25) is 0 Å². The molecule has 0 spiro atoms. The van der Waals surface area contributed by atoms with Crippen LogP contribution in [0.4, 0.5) is 0 Å². The summed E-state index contributed by atoms with van der Waals surface area (Å²) in [5.74, 6) is 1.84. The maximum absolute atomic E-state index is 11.0. The molecule has 3 nitrogen and oxygen atoms in total. The molecule has 4 rings (SSSR count). The van der Waals surface area contributed by atoms with E-state index < -0.39 is 5.97 Å². The highest BCUT2D eigenvalue weighted by Gasteiger charge is 2.39. The van der Waals surface area contributed by atoms with Gasteiger partial charge in [0.1, 0.15) is 0 Å². The fourth-order valence-electron chi connectivity index (χ4n) is 4.04. The van der Waals surface area contributed by atoms with E-state index in [-0.39, 0.29) is 0 Å². The van der Waals surface area contributed by atoms with Gasteiger partial charge < -0.3 is 5.11 Å². The number of aromatic carboxylic acids is 1. The second-order valence-corrected chi connectivity index (χ2v) is 7.35. The van der Waals surface area contributed by atoms with Gasteiger partial charge in [-0.25, -0.2) is 9.78 Å². The third-order valence-electron chi connectivity index (χ3n) is 5.00. The van der Waals surface area contributed by atoms with E-state index in [0.29, 0.717) is 5.56 Å². The molecule has 2 fully saturated rings. The molecule has 0 aliphatic heterocycles. The zero-order valence-electron chi connectivity index (χ0n) is 11.2. The number of thiazole rings is 1. The second-order valence-electron chi connectivity index (χ2n) is 6.23. The summed E-state index contributed by atoms with van der Waals surface area (Å²) in [6.07, 6.45) is 6.73. The lowest BCUT2D eigenvalue weighted by Gasteiger charge is -2.20. The number of rotatable bonds is 3. The van der Waals surface area contributed by atoms with Crippen molar-refractivity contribution in [2.45, 2.75) is 32.1 Å². The van der Waals surface area contributed by atoms with Crippen LogP contribution < -0.4 is 0 Å². The average molecular weight is 287 g/mol. The van der Waals surface area contributed by atoms with Gasteiger partial charge in [0.05, 0.1) is 20.8 Å². The Morgan fingerprint density at radius 2 is 2.25 bits per heavy atom. The Morgan fingerprint density at radius 1 is 1.35 bits per heavy atom. The highest BCUT2D eigenvalue weighted by Crippen LogP contribution is 2.49. The van der Waals surface area contributed by atoms with E-state index in [2.05, 4.69) is 4.98 Å². The van der Waals surface area contributed by atoms with Crippen LogP contribution in [-0.4, -0.2) is 16.1 Å². The lowest BCUT2D eigenvalue weighted by atomic mass is 9.87. The van der Waals surface area contributed by atoms with E-state index in [0.717, 1.165) is 34.4 Å². The Morgan fingerprint density at radius 3 is 2.95 bits per heavy atom. The monoisotopic (exact) mass is 287 g/mol. The summed E-state index contributed by atoms with van der Waals surface area (Å²) in [5, 5.41) is 10.2. The molecule has 3 unspecified atom stereocenters. The second kappa shape index (κ2) is 4.55. The number of hydrogen-bond acceptors (Lipinski definition) is 3. The van der Waals surface area contributed by atoms with Crippen LogP contribution in [0.25, 0.3) is 10.2 Å². The molecule has 0 radical (unpaired) electrons. The van der Waals surface area contributed by atoms with E-state index >= 15 is 0 Å². The number of fused-ring (bicyclic) bond motifs is 3. The first-order valence-electron chi connectivity index (χ1n) is 7.32. The SMILES string of the molecule is O=C(O)c1ccc2nc(CC3CC4CCC3C4)sc2c1. The third-order valence-corrected chi connectivity index (χ3v) is 6.04. The van der Waals surface area contributed by atoms with Gasteiger partial charge in [0.15, 0.2) is 0 Å². The first-order valence-corrected chi connectivity index (χ1v) is 8.13. The molecule has 20 heavy (non-hydrogen) atoms. The van der Waals surface area contributed by atoms with E-state index in [9.17, 15) is 4.79 Å². The summed E-state index contributed by atoms with van der Waals surface area (Å²) < 4.78 is 1.00. The third kappa shape index (κ3) is 2.03. The lowest BCUT2D eigenvalue weighted by molar-refractivity contribution is 0.0697. The van der Waals surface area contributed by atoms with Crippen LogP contribution in [0.3, 0.4) is 0 Å². The number of benzene rings is 1. The van der Waals surface area contributed by atoms with Crippen molar-refractivity contribution in [1.82, 2.24) is 4.98 Å². The van der Waals surface area contributed by atoms with Crippen molar-refractivity contribution >= 4 is 27.5 Å². The summed E-state index contributed by atoms with van der Waals surface area (Å²) in [4.78, 5) is 15.7. The van der Waals surface area contributed by atoms with Gasteiger partial charge in [0, 0.05) is 6.42 Å². The zero-order valence-corrected chi connectivity index (χ0v) is 12.0. The minimum Gasteiger partial charge on any atom is -0.478 e. The quantitative estimate of drug-likeness (QED) is 0.929. The maximum atomic E-state index is 11.0. The molecule has 1 heterocycles. The van der Waals surface area contributed by atoms with E-state index in [1.165, 1.54) is 30.7 Å². The van der Waals surface area contributed by atoms with Gasteiger partial charge in [-0.2, -0.15) is 0 Å². The summed E-state index contributed by atoms with van der Waals surface area (Å²) in [6.45, 7) is 0. The van der Waals surface area contributed by atoms with Crippen LogP contribution in [-0.2, 0) is 6.42 Å². The topological polar surface area (TPSA) is 50.2 Å². The van der Waals surface area contributed by atoms with Crippen LogP contribution >= 0.6 is 11.3 Å². The molecule has 4 heteroatoms. The first-order chi connectivity index (χ1) is 9.69. The van der Waals surface area contributed by atoms with Crippen LogP contribution in [0.5, 0.6) is 0 Å². The molecule has 1 aromatic heterocycles. The Bertz CT molecular complexity index is 678. The van der Waals surface area contributed by atoms with Crippen molar-refractivity contribution < 1.29 is 9.90 Å². The largest absolute Gasteiger partial charge is 0.478 e. The predicted molar refractivity (Wildman–Crippen MR) is 79.2 cm³/mol. The van der Waals surface area contributed by atoms with Crippen LogP contribution in [0.15, 0.2) is 18.2 Å². The van der Waals surface area contributed by atoms with Gasteiger partial charge in [-0.1, -0.05) is 6.42 Å². The maximum Gasteiger partial charge on any atom is 0.335 e. The molecule has 1 aromatic carbocycles. The smallest absolute Gasteiger partial charge is 0.335 e. The molecular weight excluding hydrogens is 270 g/mol. The number of carbonyl (C=O) groups is 1. The Balaban J connectivity index is 1.59. The molecule has 1 N–H and O–H groups in total. The summed E-state index contributed by atoms with van der Waals surface area (Å²) in [5.41, 5.74) is 1.30. The van der Waals surface area contributed by atoms with Gasteiger partial charge in [-0.05, 0) is 55.2 Å². The molecule has 2 aliphatic rings. The molecule has 0 saturated heterocycles. The number of carboxylic acid groups (broad SMARTS) is 1. The average Bonchev–Trinajstić information content (AvgIpc) is 3.11. The van der Waals surface area contributed by atoms with Crippen molar-refractivity contribution in [3.05, 3.63) is 28.8 Å². The summed E-state index contributed by atoms with van der Waals surface area (Å²) in [6, 6.07) is 5.23. The number of nitrogens with zero attached hydrogens (tertiary/aromatic N) is 1. The minimum absolute atomic E-state index is 0.354. The van der Waals surface area contributed by atoms with E-state index in [4.69, 9.17) is 5.11 Å². The van der Waals surface area contributed by atoms with E-state index in [1.54, 1.807) is 23.5 Å². The number of carboxylic acids is 1. The van der Waals surface area contributed by atoms with Crippen molar-refractivity contribution in [2.24, 2.45) is 17.8 Å². The molecule has 2 saturated carbocycles. The van der Waals surface area contributed by atoms with Gasteiger partial charge >= 0.3 is 5.97 Å². The molecule has 0 amide bonds. The van der Waals surface area contributed by atoms with Gasteiger partial charge in [0.2, 0.25) is 0 Å². The Labute approximate surface area is 121 Å². The minimum atomic E-state index is -0.866. The first kappa shape index (κ1) is 12.3. The van der Waals surface area contributed by atoms with Crippen molar-refractivity contribution in [1.29, 1.82) is 0 Å². The molecule has 104 valence electrons. The van der Waals surface area contributed by atoms with E-state index in [1.807, 2.05) is 6.07 Å². The van der Waals surface area contributed by atoms with Crippen molar-refractivity contribution in [3.8, 4) is 0 Å². The standard InChI is InChI=1S/C16H17NO2S/c18-16(19)11-3-4-13-14(7-11)20-15(17-13)8-12-6-9-1-2-10(12)5-9/h3-4,7,9-10,12H,1-2,5-6,8H2,(H,18,19). The Hall–Kier alpha value is -1.42. The predicted octanol–water partition coefficient (Wildman–Crippen LogP) is 3.97. The number of aromatic nitrogens is 1. The molecule has 2 bridgehead atoms. The fourth-order valence-corrected chi connectivity index (χ4v) is 5.14. The van der Waals surface area contributed by atoms with Crippen LogP contribution in [0.2, 0.25) is 0 Å². The summed E-state index contributed by atoms with van der Waals surface area (Å²) >= 11 is 1.67. The van der Waals surface area contributed by atoms with Crippen LogP contribution in [0, 0.1) is 17.8 Å². The molecule has 2 aliphatic carbocycles. The Kier molecular flexibility index (Phi) is 2.81. The normalized spacial score (nSPS) is 28.3. The highest BCUT2D eigenvalue weighted by atomic mass is 32.1. The highest BCUT2D eigenvalue weighted by molar-refractivity contribution is 7.18. The van der Waals surface area contributed by atoms with Crippen LogP contribution in [0.1, 0.15) is 41.0 Å². The molecule has 3 atom stereocenters. The molecular formula is C16H17NO2S. The number of hydrogen-bond donors (Lipinski definition) is 1. The fraction of sp³-hybridized carbons (Fsp3) is 0.500. The van der Waals surface area contributed by atoms with Crippen molar-refractivity contribution in [2.75, 3.05) is 0 Å². The van der Waals surface area contributed by atoms with Gasteiger partial charge in [-0.15, -0.1) is 11.3 Å².